The van der Waals surface area contributed by atoms with E-state index in [0.717, 1.165) is 23.5 Å². The molecule has 1 aliphatic heterocycles. The third-order valence-corrected chi connectivity index (χ3v) is 6.55. The van der Waals surface area contributed by atoms with Crippen molar-refractivity contribution in [3.63, 3.8) is 0 Å². The number of carbonyl (C=O) groups is 1. The molecule has 12 heteroatoms. The fourth-order valence-corrected chi connectivity index (χ4v) is 4.29. The molecule has 1 aromatic carbocycles. The SMILES string of the molecule is CCC1(CO)COC(c2n[nH]c(C)c2NC(=O)c2nc(-c3c(F)cccc3F)sc2N)OC1. The fourth-order valence-electron chi connectivity index (χ4n) is 3.41. The number of aromatic amines is 1. The van der Waals surface area contributed by atoms with Gasteiger partial charge in [0.1, 0.15) is 27.3 Å². The zero-order valence-corrected chi connectivity index (χ0v) is 18.8. The number of nitrogen functional groups attached to an aromatic ring is 1. The predicted octanol–water partition coefficient (Wildman–Crippen LogP) is 3.39. The lowest BCUT2D eigenvalue weighted by atomic mass is 9.87. The molecule has 0 bridgehead atoms. The number of amides is 1. The van der Waals surface area contributed by atoms with Crippen molar-refractivity contribution in [1.29, 1.82) is 0 Å². The number of anilines is 2. The van der Waals surface area contributed by atoms with Crippen molar-refractivity contribution in [2.75, 3.05) is 30.9 Å². The summed E-state index contributed by atoms with van der Waals surface area (Å²) in [6.45, 7) is 4.09. The number of aliphatic hydroxyl groups excluding tert-OH is 1. The van der Waals surface area contributed by atoms with E-state index in [0.29, 0.717) is 23.5 Å². The first kappa shape index (κ1) is 23.2. The second-order valence-corrected chi connectivity index (χ2v) is 8.89. The maximum absolute atomic E-state index is 14.1. The van der Waals surface area contributed by atoms with E-state index in [9.17, 15) is 18.7 Å². The van der Waals surface area contributed by atoms with E-state index in [-0.39, 0.29) is 41.1 Å². The first-order valence-corrected chi connectivity index (χ1v) is 11.0. The number of aryl methyl sites for hydroxylation is 1. The summed E-state index contributed by atoms with van der Waals surface area (Å²) in [4.78, 5) is 17.0. The number of hydrogen-bond donors (Lipinski definition) is 4. The van der Waals surface area contributed by atoms with E-state index in [1.54, 1.807) is 6.92 Å². The molecular formula is C21H23F2N5O4S. The Labute approximate surface area is 191 Å². The minimum Gasteiger partial charge on any atom is -0.396 e. The standard InChI is InChI=1S/C21H23F2N5O4S/c1-3-21(7-29)8-31-20(32-9-21)15-14(10(2)27-28-15)25-18(30)16-17(24)33-19(26-16)13-11(22)5-4-6-12(13)23/h4-6,20,29H,3,7-9,24H2,1-2H3,(H,25,30)(H,27,28). The number of hydrogen-bond acceptors (Lipinski definition) is 8. The number of aromatic nitrogens is 3. The van der Waals surface area contributed by atoms with Gasteiger partial charge in [-0.1, -0.05) is 24.3 Å². The van der Waals surface area contributed by atoms with Crippen molar-refractivity contribution in [3.05, 3.63) is 46.9 Å². The van der Waals surface area contributed by atoms with Crippen LogP contribution in [0.5, 0.6) is 0 Å². The molecule has 1 fully saturated rings. The number of halogens is 2. The van der Waals surface area contributed by atoms with E-state index in [2.05, 4.69) is 20.5 Å². The second-order valence-electron chi connectivity index (χ2n) is 7.86. The Morgan fingerprint density at radius 2 is 2.03 bits per heavy atom. The maximum Gasteiger partial charge on any atom is 0.277 e. The molecular weight excluding hydrogens is 456 g/mol. The minimum absolute atomic E-state index is 0.00805. The Bertz CT molecular complexity index is 1150. The van der Waals surface area contributed by atoms with Crippen LogP contribution in [0, 0.1) is 24.0 Å². The molecule has 2 aromatic heterocycles. The molecule has 9 nitrogen and oxygen atoms in total. The van der Waals surface area contributed by atoms with Crippen LogP contribution >= 0.6 is 11.3 Å². The molecule has 3 heterocycles. The zero-order chi connectivity index (χ0) is 23.8. The summed E-state index contributed by atoms with van der Waals surface area (Å²) in [6, 6.07) is 3.44. The van der Waals surface area contributed by atoms with Gasteiger partial charge in [-0.15, -0.1) is 0 Å². The minimum atomic E-state index is -0.854. The highest BCUT2D eigenvalue weighted by Gasteiger charge is 2.37. The van der Waals surface area contributed by atoms with Gasteiger partial charge < -0.3 is 25.6 Å². The molecule has 3 aromatic rings. The molecule has 0 unspecified atom stereocenters. The maximum atomic E-state index is 14.1. The smallest absolute Gasteiger partial charge is 0.277 e. The van der Waals surface area contributed by atoms with Crippen molar-refractivity contribution in [1.82, 2.24) is 15.2 Å². The van der Waals surface area contributed by atoms with Crippen molar-refractivity contribution in [3.8, 4) is 10.6 Å². The monoisotopic (exact) mass is 479 g/mol. The average molecular weight is 480 g/mol. The highest BCUT2D eigenvalue weighted by atomic mass is 32.1. The lowest BCUT2D eigenvalue weighted by molar-refractivity contribution is -0.243. The van der Waals surface area contributed by atoms with Gasteiger partial charge in [0.15, 0.2) is 5.69 Å². The molecule has 33 heavy (non-hydrogen) atoms. The van der Waals surface area contributed by atoms with Crippen LogP contribution in [0.1, 0.15) is 41.5 Å². The van der Waals surface area contributed by atoms with Gasteiger partial charge in [-0.3, -0.25) is 9.89 Å². The Morgan fingerprint density at radius 3 is 2.64 bits per heavy atom. The van der Waals surface area contributed by atoms with Gasteiger partial charge in [0.25, 0.3) is 5.91 Å². The average Bonchev–Trinajstić information content (AvgIpc) is 3.36. The molecule has 1 aliphatic rings. The topological polar surface area (TPSA) is 135 Å². The van der Waals surface area contributed by atoms with Crippen LogP contribution in [0.3, 0.4) is 0 Å². The number of aliphatic hydroxyl groups is 1. The number of ether oxygens (including phenoxy) is 2. The molecule has 4 rings (SSSR count). The molecule has 0 atom stereocenters. The normalized spacial score (nSPS) is 20.7. The van der Waals surface area contributed by atoms with E-state index >= 15 is 0 Å². The van der Waals surface area contributed by atoms with Gasteiger partial charge in [0.2, 0.25) is 6.29 Å². The molecule has 0 aliphatic carbocycles. The number of rotatable bonds is 6. The quantitative estimate of drug-likeness (QED) is 0.426. The molecule has 0 spiro atoms. The van der Waals surface area contributed by atoms with E-state index in [1.165, 1.54) is 6.07 Å². The number of nitrogens with zero attached hydrogens (tertiary/aromatic N) is 2. The van der Waals surface area contributed by atoms with Crippen LogP contribution in [-0.2, 0) is 9.47 Å². The van der Waals surface area contributed by atoms with Crippen molar-refractivity contribution in [2.45, 2.75) is 26.6 Å². The number of nitrogens with two attached hydrogens (primary N) is 1. The molecule has 1 amide bonds. The van der Waals surface area contributed by atoms with Crippen LogP contribution in [0.15, 0.2) is 18.2 Å². The summed E-state index contributed by atoms with van der Waals surface area (Å²) in [6.07, 6.45) is -0.180. The van der Waals surface area contributed by atoms with Gasteiger partial charge >= 0.3 is 0 Å². The number of thiazole rings is 1. The Balaban J connectivity index is 1.56. The van der Waals surface area contributed by atoms with Crippen LogP contribution in [-0.4, -0.2) is 46.0 Å². The number of H-pyrrole nitrogens is 1. The van der Waals surface area contributed by atoms with Gasteiger partial charge in [0.05, 0.1) is 36.8 Å². The van der Waals surface area contributed by atoms with Crippen LogP contribution < -0.4 is 11.1 Å². The highest BCUT2D eigenvalue weighted by molar-refractivity contribution is 7.19. The molecule has 0 radical (unpaired) electrons. The lowest BCUT2D eigenvalue weighted by Crippen LogP contribution is -2.41. The van der Waals surface area contributed by atoms with Crippen molar-refractivity contribution < 1.29 is 28.2 Å². The summed E-state index contributed by atoms with van der Waals surface area (Å²) in [5.41, 5.74) is 6.12. The predicted molar refractivity (Wildman–Crippen MR) is 118 cm³/mol. The summed E-state index contributed by atoms with van der Waals surface area (Å²) < 4.78 is 39.8. The first-order chi connectivity index (χ1) is 15.8. The molecule has 5 N–H and O–H groups in total. The second kappa shape index (κ2) is 9.14. The molecule has 1 saturated heterocycles. The van der Waals surface area contributed by atoms with Gasteiger partial charge in [0, 0.05) is 5.41 Å². The van der Waals surface area contributed by atoms with E-state index in [4.69, 9.17) is 15.2 Å². The Hall–Kier alpha value is -2.93. The summed E-state index contributed by atoms with van der Waals surface area (Å²) in [7, 11) is 0. The van der Waals surface area contributed by atoms with Crippen LogP contribution in [0.4, 0.5) is 19.5 Å². The highest BCUT2D eigenvalue weighted by Crippen LogP contribution is 2.37. The van der Waals surface area contributed by atoms with Gasteiger partial charge in [-0.05, 0) is 25.5 Å². The van der Waals surface area contributed by atoms with Gasteiger partial charge in [-0.25, -0.2) is 13.8 Å². The number of carbonyl (C=O) groups excluding carboxylic acids is 1. The van der Waals surface area contributed by atoms with Gasteiger partial charge in [-0.2, -0.15) is 5.10 Å². The van der Waals surface area contributed by atoms with Crippen LogP contribution in [0.2, 0.25) is 0 Å². The largest absolute Gasteiger partial charge is 0.396 e. The first-order valence-electron chi connectivity index (χ1n) is 10.2. The van der Waals surface area contributed by atoms with E-state index < -0.39 is 29.2 Å². The number of nitrogens with one attached hydrogen (secondary N) is 2. The summed E-state index contributed by atoms with van der Waals surface area (Å²) >= 11 is 0.807. The number of benzene rings is 1. The van der Waals surface area contributed by atoms with E-state index in [1.807, 2.05) is 6.92 Å². The Morgan fingerprint density at radius 1 is 1.36 bits per heavy atom. The zero-order valence-electron chi connectivity index (χ0n) is 17.9. The summed E-state index contributed by atoms with van der Waals surface area (Å²) in [5.74, 6) is -2.28. The third-order valence-electron chi connectivity index (χ3n) is 5.65. The molecule has 176 valence electrons. The fraction of sp³-hybridized carbons (Fsp3) is 0.381. The van der Waals surface area contributed by atoms with Crippen LogP contribution in [0.25, 0.3) is 10.6 Å². The lowest BCUT2D eigenvalue weighted by Gasteiger charge is -2.37. The third kappa shape index (κ3) is 4.34. The molecule has 0 saturated carbocycles. The summed E-state index contributed by atoms with van der Waals surface area (Å²) in [5, 5.41) is 19.3. The van der Waals surface area contributed by atoms with Crippen molar-refractivity contribution in [2.24, 2.45) is 5.41 Å². The van der Waals surface area contributed by atoms with Crippen molar-refractivity contribution >= 4 is 27.9 Å². The Kier molecular flexibility index (Phi) is 6.43.